The molecule has 2 aromatic carbocycles. The van der Waals surface area contributed by atoms with E-state index in [1.165, 1.54) is 0 Å². The van der Waals surface area contributed by atoms with E-state index in [9.17, 15) is 4.79 Å². The third kappa shape index (κ3) is 7.32. The minimum absolute atomic E-state index is 0.0758. The second kappa shape index (κ2) is 12.1. The molecule has 0 bridgehead atoms. The highest BCUT2D eigenvalue weighted by atomic mass is 16.5. The standard InChI is InChI=1S/C31H39N7O3/c1-6-40-25-10-11-27-26(17-25)30(33-22-18-32-38(19-22)23-12-14-37(5)15-13-23)35-29(34-27)21-8-7-9-24(16-21)41-20-28(39)36-31(2,3)4/h7-11,16-19,23H,6,12-15,20H2,1-5H3,(H,36,39)(H,33,34,35). The molecule has 1 aliphatic rings. The van der Waals surface area contributed by atoms with Gasteiger partial charge in [0.2, 0.25) is 0 Å². The van der Waals surface area contributed by atoms with Crippen molar-refractivity contribution in [2.75, 3.05) is 38.7 Å². The number of benzene rings is 2. The van der Waals surface area contributed by atoms with Crippen molar-refractivity contribution in [2.24, 2.45) is 0 Å². The van der Waals surface area contributed by atoms with Gasteiger partial charge in [-0.2, -0.15) is 5.10 Å². The van der Waals surface area contributed by atoms with Gasteiger partial charge in [-0.3, -0.25) is 9.48 Å². The van der Waals surface area contributed by atoms with Gasteiger partial charge in [-0.05, 0) is 91.0 Å². The van der Waals surface area contributed by atoms with E-state index < -0.39 is 0 Å². The summed E-state index contributed by atoms with van der Waals surface area (Å²) in [7, 11) is 2.16. The molecule has 0 radical (unpaired) electrons. The van der Waals surface area contributed by atoms with Gasteiger partial charge in [0.25, 0.3) is 5.91 Å². The van der Waals surface area contributed by atoms with Gasteiger partial charge in [-0.25, -0.2) is 9.97 Å². The molecular weight excluding hydrogens is 518 g/mol. The van der Waals surface area contributed by atoms with E-state index in [1.807, 2.05) is 82.6 Å². The third-order valence-corrected chi connectivity index (χ3v) is 6.88. The lowest BCUT2D eigenvalue weighted by Crippen LogP contribution is -2.43. The first-order valence-electron chi connectivity index (χ1n) is 14.2. The fourth-order valence-corrected chi connectivity index (χ4v) is 4.92. The molecule has 2 N–H and O–H groups in total. The Labute approximate surface area is 241 Å². The molecule has 2 aromatic heterocycles. The molecule has 10 heteroatoms. The fourth-order valence-electron chi connectivity index (χ4n) is 4.92. The maximum Gasteiger partial charge on any atom is 0.258 e. The van der Waals surface area contributed by atoms with Crippen LogP contribution in [0.3, 0.4) is 0 Å². The highest BCUT2D eigenvalue weighted by Gasteiger charge is 2.20. The quantitative estimate of drug-likeness (QED) is 0.289. The molecule has 0 aliphatic carbocycles. The van der Waals surface area contributed by atoms with Crippen molar-refractivity contribution >= 4 is 28.3 Å². The lowest BCUT2D eigenvalue weighted by Gasteiger charge is -2.28. The zero-order chi connectivity index (χ0) is 29.0. The van der Waals surface area contributed by atoms with Gasteiger partial charge in [0.05, 0.1) is 30.0 Å². The Balaban J connectivity index is 1.43. The smallest absolute Gasteiger partial charge is 0.258 e. The number of nitrogens with zero attached hydrogens (tertiary/aromatic N) is 5. The Kier molecular flexibility index (Phi) is 8.39. The molecular formula is C31H39N7O3. The van der Waals surface area contributed by atoms with Crippen LogP contribution in [0.1, 0.15) is 46.6 Å². The monoisotopic (exact) mass is 557 g/mol. The van der Waals surface area contributed by atoms with Crippen molar-refractivity contribution in [1.82, 2.24) is 30.0 Å². The van der Waals surface area contributed by atoms with E-state index in [0.717, 1.165) is 53.8 Å². The Bertz CT molecular complexity index is 1500. The van der Waals surface area contributed by atoms with Crippen LogP contribution in [0.5, 0.6) is 11.5 Å². The zero-order valence-electron chi connectivity index (χ0n) is 24.5. The SMILES string of the molecule is CCOc1ccc2nc(-c3cccc(OCC(=O)NC(C)(C)C)c3)nc(Nc3cnn(C4CCN(C)CC4)c3)c2c1. The van der Waals surface area contributed by atoms with Gasteiger partial charge >= 0.3 is 0 Å². The number of ether oxygens (including phenoxy) is 2. The summed E-state index contributed by atoms with van der Waals surface area (Å²) < 4.78 is 13.6. The second-order valence-corrected chi connectivity index (χ2v) is 11.5. The van der Waals surface area contributed by atoms with Crippen molar-refractivity contribution in [2.45, 2.75) is 52.1 Å². The first-order chi connectivity index (χ1) is 19.7. The molecule has 0 atom stereocenters. The Morgan fingerprint density at radius 1 is 1.05 bits per heavy atom. The molecule has 1 amide bonds. The molecule has 1 fully saturated rings. The van der Waals surface area contributed by atoms with Gasteiger partial charge in [0, 0.05) is 22.7 Å². The zero-order valence-corrected chi connectivity index (χ0v) is 24.5. The van der Waals surface area contributed by atoms with Crippen LogP contribution in [0.25, 0.3) is 22.3 Å². The minimum atomic E-state index is -0.323. The number of amides is 1. The second-order valence-electron chi connectivity index (χ2n) is 11.5. The molecule has 5 rings (SSSR count). The van der Waals surface area contributed by atoms with Crippen LogP contribution in [-0.2, 0) is 4.79 Å². The summed E-state index contributed by atoms with van der Waals surface area (Å²) in [6.07, 6.45) is 6.04. The molecule has 3 heterocycles. The number of piperidine rings is 1. The molecule has 10 nitrogen and oxygen atoms in total. The predicted octanol–water partition coefficient (Wildman–Crippen LogP) is 5.20. The topological polar surface area (TPSA) is 106 Å². The van der Waals surface area contributed by atoms with Crippen LogP contribution in [0.2, 0.25) is 0 Å². The van der Waals surface area contributed by atoms with Gasteiger partial charge in [0.15, 0.2) is 12.4 Å². The van der Waals surface area contributed by atoms with E-state index in [1.54, 1.807) is 0 Å². The summed E-state index contributed by atoms with van der Waals surface area (Å²) in [5, 5.41) is 11.9. The molecule has 41 heavy (non-hydrogen) atoms. The number of hydrogen-bond acceptors (Lipinski definition) is 8. The summed E-state index contributed by atoms with van der Waals surface area (Å²) in [6.45, 7) is 10.4. The minimum Gasteiger partial charge on any atom is -0.494 e. The number of fused-ring (bicyclic) bond motifs is 1. The summed E-state index contributed by atoms with van der Waals surface area (Å²) in [5.41, 5.74) is 2.09. The van der Waals surface area contributed by atoms with Crippen molar-refractivity contribution in [3.63, 3.8) is 0 Å². The van der Waals surface area contributed by atoms with Gasteiger partial charge in [-0.15, -0.1) is 0 Å². The summed E-state index contributed by atoms with van der Waals surface area (Å²) in [4.78, 5) is 24.4. The average Bonchev–Trinajstić information content (AvgIpc) is 3.40. The van der Waals surface area contributed by atoms with E-state index in [0.29, 0.717) is 30.0 Å². The van der Waals surface area contributed by atoms with Gasteiger partial charge in [-0.1, -0.05) is 12.1 Å². The molecule has 1 aliphatic heterocycles. The van der Waals surface area contributed by atoms with E-state index in [4.69, 9.17) is 19.4 Å². The lowest BCUT2D eigenvalue weighted by atomic mass is 10.1. The Morgan fingerprint density at radius 3 is 2.59 bits per heavy atom. The van der Waals surface area contributed by atoms with Crippen LogP contribution >= 0.6 is 0 Å². The van der Waals surface area contributed by atoms with Crippen LogP contribution in [0.15, 0.2) is 54.9 Å². The number of rotatable bonds is 9. The summed E-state index contributed by atoms with van der Waals surface area (Å²) in [5.74, 6) is 2.34. The maximum atomic E-state index is 12.3. The average molecular weight is 558 g/mol. The predicted molar refractivity (Wildman–Crippen MR) is 161 cm³/mol. The maximum absolute atomic E-state index is 12.3. The number of aromatic nitrogens is 4. The Morgan fingerprint density at radius 2 is 1.83 bits per heavy atom. The first-order valence-corrected chi connectivity index (χ1v) is 14.2. The summed E-state index contributed by atoms with van der Waals surface area (Å²) in [6, 6.07) is 13.7. The number of carbonyl (C=O) groups is 1. The van der Waals surface area contributed by atoms with Crippen molar-refractivity contribution in [1.29, 1.82) is 0 Å². The molecule has 216 valence electrons. The van der Waals surface area contributed by atoms with Crippen LogP contribution < -0.4 is 20.1 Å². The first kappa shape index (κ1) is 28.4. The molecule has 4 aromatic rings. The number of likely N-dealkylation sites (tertiary alicyclic amines) is 1. The summed E-state index contributed by atoms with van der Waals surface area (Å²) >= 11 is 0. The van der Waals surface area contributed by atoms with Crippen molar-refractivity contribution in [3.05, 3.63) is 54.9 Å². The van der Waals surface area contributed by atoms with E-state index in [-0.39, 0.29) is 18.1 Å². The Hall–Kier alpha value is -4.18. The molecule has 1 saturated heterocycles. The van der Waals surface area contributed by atoms with E-state index in [2.05, 4.69) is 32.4 Å². The number of carbonyl (C=O) groups excluding carboxylic acids is 1. The molecule has 0 saturated carbocycles. The number of nitrogens with one attached hydrogen (secondary N) is 2. The highest BCUT2D eigenvalue weighted by Crippen LogP contribution is 2.32. The van der Waals surface area contributed by atoms with Crippen molar-refractivity contribution in [3.8, 4) is 22.9 Å². The molecule has 0 spiro atoms. The highest BCUT2D eigenvalue weighted by molar-refractivity contribution is 5.93. The largest absolute Gasteiger partial charge is 0.494 e. The molecule has 0 unspecified atom stereocenters. The van der Waals surface area contributed by atoms with Crippen LogP contribution in [-0.4, -0.2) is 69.4 Å². The fraction of sp³-hybridized carbons (Fsp3) is 0.419. The van der Waals surface area contributed by atoms with Gasteiger partial charge in [0.1, 0.15) is 17.3 Å². The lowest BCUT2D eigenvalue weighted by molar-refractivity contribution is -0.124. The normalized spacial score (nSPS) is 14.7. The van der Waals surface area contributed by atoms with E-state index >= 15 is 0 Å². The van der Waals surface area contributed by atoms with Gasteiger partial charge < -0.3 is 25.0 Å². The van der Waals surface area contributed by atoms with Crippen LogP contribution in [0.4, 0.5) is 11.5 Å². The van der Waals surface area contributed by atoms with Crippen molar-refractivity contribution < 1.29 is 14.3 Å². The third-order valence-electron chi connectivity index (χ3n) is 6.88. The number of anilines is 2. The van der Waals surface area contributed by atoms with Crippen LogP contribution in [0, 0.1) is 0 Å². The number of hydrogen-bond donors (Lipinski definition) is 2.